The molecule has 1 fully saturated rings. The number of esters is 2. The number of allylic oxidation sites excluding steroid dienone is 2. The number of halogens is 6. The van der Waals surface area contributed by atoms with Crippen molar-refractivity contribution in [1.82, 2.24) is 20.4 Å². The normalized spacial score (nSPS) is 16.9. The van der Waals surface area contributed by atoms with Gasteiger partial charge in [0, 0.05) is 69.7 Å². The number of carbonyl (C=O) groups excluding carboxylic acids is 2. The molecule has 0 saturated carbocycles. The molecule has 2 heterocycles. The molecule has 1 saturated heterocycles. The van der Waals surface area contributed by atoms with Crippen LogP contribution in [0, 0.1) is 10.1 Å². The standard InChI is InChI=1S/C36H46F3N5O8.3ClH/c1-23(2)40-21-28(45)22-52-29-10-8-25(9-11-29)12-13-42-14-16-43(17-15-42)18-19-51-35(47)30-24(3)41-33(36(37,38)39)32(34(46)50-4)31(30)26-6-5-7-27(20-26)44(48)49;;;/h5-11,20,23,28,31,40-41,45H,12-19,21-22H2,1-4H3;3*1H. The Morgan fingerprint density at radius 2 is 1.62 bits per heavy atom. The maximum absolute atomic E-state index is 14.2. The lowest BCUT2D eigenvalue weighted by Crippen LogP contribution is -2.47. The molecule has 0 aliphatic carbocycles. The Balaban J connectivity index is 0.00000504. The van der Waals surface area contributed by atoms with Gasteiger partial charge in [0.05, 0.1) is 29.1 Å². The predicted octanol–water partition coefficient (Wildman–Crippen LogP) is 4.95. The molecule has 2 unspecified atom stereocenters. The summed E-state index contributed by atoms with van der Waals surface area (Å²) in [6.45, 7) is 10.1. The van der Waals surface area contributed by atoms with Crippen LogP contribution in [0.1, 0.15) is 37.8 Å². The van der Waals surface area contributed by atoms with Crippen LogP contribution in [0.3, 0.4) is 0 Å². The highest BCUT2D eigenvalue weighted by Gasteiger charge is 2.47. The van der Waals surface area contributed by atoms with E-state index in [0.717, 1.165) is 50.9 Å². The van der Waals surface area contributed by atoms with E-state index in [0.29, 0.717) is 31.9 Å². The molecule has 2 aromatic carbocycles. The largest absolute Gasteiger partial charge is 0.491 e. The molecule has 0 spiro atoms. The van der Waals surface area contributed by atoms with Crippen molar-refractivity contribution in [2.24, 2.45) is 0 Å². The van der Waals surface area contributed by atoms with Crippen LogP contribution in [0.25, 0.3) is 0 Å². The number of rotatable bonds is 16. The highest BCUT2D eigenvalue weighted by molar-refractivity contribution is 6.00. The number of piperazine rings is 1. The molecule has 2 aliphatic rings. The number of hydrogen-bond acceptors (Lipinski definition) is 12. The summed E-state index contributed by atoms with van der Waals surface area (Å²) < 4.78 is 58.4. The molecular formula is C36H49Cl3F3N5O8. The van der Waals surface area contributed by atoms with Crippen molar-refractivity contribution in [1.29, 1.82) is 0 Å². The van der Waals surface area contributed by atoms with Crippen LogP contribution in [0.5, 0.6) is 5.75 Å². The minimum atomic E-state index is -5.03. The summed E-state index contributed by atoms with van der Waals surface area (Å²) in [5, 5.41) is 26.8. The summed E-state index contributed by atoms with van der Waals surface area (Å²) in [6, 6.07) is 12.8. The minimum absolute atomic E-state index is 0. The maximum Gasteiger partial charge on any atom is 0.431 e. The van der Waals surface area contributed by atoms with E-state index in [-0.39, 0.29) is 73.3 Å². The number of carbonyl (C=O) groups is 2. The second-order valence-electron chi connectivity index (χ2n) is 13.0. The van der Waals surface area contributed by atoms with Crippen molar-refractivity contribution in [2.75, 3.05) is 66.1 Å². The number of nitro groups is 1. The number of benzene rings is 2. The lowest BCUT2D eigenvalue weighted by atomic mass is 9.80. The molecule has 0 bridgehead atoms. The fraction of sp³-hybridized carbons (Fsp3) is 0.500. The lowest BCUT2D eigenvalue weighted by molar-refractivity contribution is -0.384. The molecule has 0 aromatic heterocycles. The first-order valence-electron chi connectivity index (χ1n) is 17.0. The molecule has 0 radical (unpaired) electrons. The van der Waals surface area contributed by atoms with E-state index in [1.54, 1.807) is 0 Å². The van der Waals surface area contributed by atoms with Crippen molar-refractivity contribution in [3.05, 3.63) is 92.3 Å². The summed E-state index contributed by atoms with van der Waals surface area (Å²) in [5.41, 5.74) is -2.16. The van der Waals surface area contributed by atoms with Gasteiger partial charge in [-0.3, -0.25) is 15.0 Å². The Labute approximate surface area is 337 Å². The van der Waals surface area contributed by atoms with Gasteiger partial charge >= 0.3 is 18.1 Å². The summed E-state index contributed by atoms with van der Waals surface area (Å²) in [5.74, 6) is -3.26. The van der Waals surface area contributed by atoms with Crippen molar-refractivity contribution in [2.45, 2.75) is 51.4 Å². The first-order valence-corrected chi connectivity index (χ1v) is 17.0. The first kappa shape index (κ1) is 49.4. The minimum Gasteiger partial charge on any atom is -0.491 e. The second kappa shape index (κ2) is 22.8. The number of non-ortho nitro benzene ring substituents is 1. The van der Waals surface area contributed by atoms with Gasteiger partial charge < -0.3 is 34.9 Å². The number of methoxy groups -OCH3 is 1. The molecule has 2 aliphatic heterocycles. The summed E-state index contributed by atoms with van der Waals surface area (Å²) in [7, 11) is 0.909. The zero-order chi connectivity index (χ0) is 38.0. The Hall–Kier alpha value is -3.64. The Bertz CT molecular complexity index is 1640. The molecular weight excluding hydrogens is 794 g/mol. The fourth-order valence-electron chi connectivity index (χ4n) is 6.05. The van der Waals surface area contributed by atoms with E-state index >= 15 is 0 Å². The summed E-state index contributed by atoms with van der Waals surface area (Å²) >= 11 is 0. The smallest absolute Gasteiger partial charge is 0.431 e. The molecule has 0 amide bonds. The van der Waals surface area contributed by atoms with Crippen LogP contribution in [0.15, 0.2) is 71.1 Å². The van der Waals surface area contributed by atoms with Crippen LogP contribution in [-0.4, -0.2) is 116 Å². The number of nitrogens with one attached hydrogen (secondary N) is 2. The SMILES string of the molecule is COC(=O)C1=C(C(F)(F)F)NC(C)=C(C(=O)OCCN2CCN(CCc3ccc(OCC(O)CNC(C)C)cc3)CC2)C1c1cccc([N+](=O)[O-])c1.Cl.Cl.Cl. The quantitative estimate of drug-likeness (QED) is 0.119. The van der Waals surface area contributed by atoms with Gasteiger partial charge in [-0.15, -0.1) is 37.2 Å². The molecule has 2 aromatic rings. The van der Waals surface area contributed by atoms with Crippen LogP contribution in [-0.2, 0) is 25.5 Å². The maximum atomic E-state index is 14.2. The number of hydrogen-bond donors (Lipinski definition) is 3. The third-order valence-corrected chi connectivity index (χ3v) is 8.84. The Morgan fingerprint density at radius 1 is 1.00 bits per heavy atom. The average molecular weight is 843 g/mol. The monoisotopic (exact) mass is 841 g/mol. The number of aliphatic hydroxyl groups excluding tert-OH is 1. The molecule has 55 heavy (non-hydrogen) atoms. The van der Waals surface area contributed by atoms with Crippen molar-refractivity contribution < 1.29 is 47.0 Å². The molecule has 4 rings (SSSR count). The van der Waals surface area contributed by atoms with E-state index < -0.39 is 52.0 Å². The van der Waals surface area contributed by atoms with Crippen LogP contribution < -0.4 is 15.4 Å². The number of nitro benzene ring substituents is 1. The van der Waals surface area contributed by atoms with Crippen molar-refractivity contribution in [3.63, 3.8) is 0 Å². The number of ether oxygens (including phenoxy) is 3. The van der Waals surface area contributed by atoms with E-state index in [1.807, 2.05) is 38.1 Å². The molecule has 13 nitrogen and oxygen atoms in total. The molecule has 308 valence electrons. The van der Waals surface area contributed by atoms with Gasteiger partial charge in [-0.1, -0.05) is 38.1 Å². The Morgan fingerprint density at radius 3 is 2.18 bits per heavy atom. The van der Waals surface area contributed by atoms with E-state index in [9.17, 15) is 38.0 Å². The summed E-state index contributed by atoms with van der Waals surface area (Å²) in [6.07, 6.45) is -4.79. The fourth-order valence-corrected chi connectivity index (χ4v) is 6.05. The van der Waals surface area contributed by atoms with Crippen molar-refractivity contribution in [3.8, 4) is 5.75 Å². The second-order valence-corrected chi connectivity index (χ2v) is 13.0. The van der Waals surface area contributed by atoms with Gasteiger partial charge in [0.15, 0.2) is 0 Å². The van der Waals surface area contributed by atoms with Gasteiger partial charge in [-0.25, -0.2) is 9.59 Å². The zero-order valence-corrected chi connectivity index (χ0v) is 33.4. The third kappa shape index (κ3) is 14.1. The van der Waals surface area contributed by atoms with Crippen LogP contribution in [0.2, 0.25) is 0 Å². The first-order chi connectivity index (χ1) is 24.7. The van der Waals surface area contributed by atoms with Gasteiger partial charge in [0.1, 0.15) is 30.8 Å². The molecule has 3 N–H and O–H groups in total. The highest BCUT2D eigenvalue weighted by Crippen LogP contribution is 2.44. The van der Waals surface area contributed by atoms with Crippen LogP contribution >= 0.6 is 37.2 Å². The number of nitrogens with zero attached hydrogens (tertiary/aromatic N) is 3. The van der Waals surface area contributed by atoms with Crippen molar-refractivity contribution >= 4 is 54.8 Å². The average Bonchev–Trinajstić information content (AvgIpc) is 3.11. The van der Waals surface area contributed by atoms with E-state index in [2.05, 4.69) is 25.2 Å². The Kier molecular flexibility index (Phi) is 20.5. The van der Waals surface area contributed by atoms with Gasteiger partial charge in [-0.05, 0) is 36.6 Å². The van der Waals surface area contributed by atoms with E-state index in [4.69, 9.17) is 9.47 Å². The topological polar surface area (TPSA) is 156 Å². The van der Waals surface area contributed by atoms with Crippen LogP contribution in [0.4, 0.5) is 18.9 Å². The molecule has 19 heteroatoms. The number of alkyl halides is 3. The van der Waals surface area contributed by atoms with Gasteiger partial charge in [0.2, 0.25) is 0 Å². The zero-order valence-electron chi connectivity index (χ0n) is 30.9. The highest BCUT2D eigenvalue weighted by atomic mass is 35.5. The lowest BCUT2D eigenvalue weighted by Gasteiger charge is -2.35. The number of dihydropyridines is 1. The van der Waals surface area contributed by atoms with E-state index in [1.165, 1.54) is 19.1 Å². The molecule has 2 atom stereocenters. The van der Waals surface area contributed by atoms with Gasteiger partial charge in [0.25, 0.3) is 5.69 Å². The van der Waals surface area contributed by atoms with Gasteiger partial charge in [-0.2, -0.15) is 13.2 Å². The summed E-state index contributed by atoms with van der Waals surface area (Å²) in [4.78, 5) is 41.5. The third-order valence-electron chi connectivity index (χ3n) is 8.84. The number of aliphatic hydroxyl groups is 1. The predicted molar refractivity (Wildman–Crippen MR) is 207 cm³/mol.